The zero-order valence-electron chi connectivity index (χ0n) is 13.0. The van der Waals surface area contributed by atoms with E-state index in [4.69, 9.17) is 0 Å². The standard InChI is InChI=1S/C15H20F2N2O3S.ClH/c16-15(17)23(21,22)10-12-1-3-13(4-2-12)14(20)19-8-6-11-5-7-18-9-11;/h1-4,11,15,18H,5-10H2,(H,19,20);1H. The van der Waals surface area contributed by atoms with Crippen molar-refractivity contribution >= 4 is 28.2 Å². The number of benzene rings is 1. The molecule has 0 radical (unpaired) electrons. The van der Waals surface area contributed by atoms with Crippen LogP contribution in [0.1, 0.15) is 28.8 Å². The van der Waals surface area contributed by atoms with Gasteiger partial charge in [-0.25, -0.2) is 8.42 Å². The van der Waals surface area contributed by atoms with Crippen LogP contribution < -0.4 is 10.6 Å². The molecule has 1 aromatic carbocycles. The van der Waals surface area contributed by atoms with Crippen LogP contribution in [0, 0.1) is 5.92 Å². The Morgan fingerprint density at radius 2 is 1.96 bits per heavy atom. The van der Waals surface area contributed by atoms with E-state index >= 15 is 0 Å². The van der Waals surface area contributed by atoms with Gasteiger partial charge in [-0.1, -0.05) is 12.1 Å². The van der Waals surface area contributed by atoms with Gasteiger partial charge >= 0.3 is 5.76 Å². The molecule has 0 spiro atoms. The van der Waals surface area contributed by atoms with E-state index in [0.29, 0.717) is 18.0 Å². The summed E-state index contributed by atoms with van der Waals surface area (Å²) in [5.41, 5.74) is 0.617. The molecule has 2 rings (SSSR count). The highest BCUT2D eigenvalue weighted by Crippen LogP contribution is 2.14. The van der Waals surface area contributed by atoms with Crippen LogP contribution >= 0.6 is 12.4 Å². The minimum atomic E-state index is -4.45. The summed E-state index contributed by atoms with van der Waals surface area (Å²) in [4.78, 5) is 12.0. The predicted octanol–water partition coefficient (Wildman–Crippen LogP) is 1.98. The summed E-state index contributed by atoms with van der Waals surface area (Å²) in [5, 5.41) is 6.07. The third kappa shape index (κ3) is 5.99. The molecule has 1 atom stereocenters. The topological polar surface area (TPSA) is 75.3 Å². The molecule has 1 heterocycles. The normalized spacial score (nSPS) is 17.5. The van der Waals surface area contributed by atoms with Gasteiger partial charge in [0.1, 0.15) is 0 Å². The van der Waals surface area contributed by atoms with E-state index in [2.05, 4.69) is 10.6 Å². The van der Waals surface area contributed by atoms with E-state index in [1.807, 2.05) is 0 Å². The Labute approximate surface area is 146 Å². The highest BCUT2D eigenvalue weighted by Gasteiger charge is 2.24. The third-order valence-corrected chi connectivity index (χ3v) is 5.13. The molecular weight excluding hydrogens is 362 g/mol. The highest BCUT2D eigenvalue weighted by molar-refractivity contribution is 7.90. The first-order valence-electron chi connectivity index (χ1n) is 7.46. The minimum Gasteiger partial charge on any atom is -0.352 e. The zero-order valence-corrected chi connectivity index (χ0v) is 14.6. The number of nitrogens with one attached hydrogen (secondary N) is 2. The molecule has 0 saturated carbocycles. The monoisotopic (exact) mass is 382 g/mol. The Kier molecular flexibility index (Phi) is 8.05. The number of halogens is 3. The van der Waals surface area contributed by atoms with Gasteiger partial charge in [0.05, 0.1) is 5.75 Å². The summed E-state index contributed by atoms with van der Waals surface area (Å²) in [6.07, 6.45) is 2.02. The Hall–Kier alpha value is -1.25. The van der Waals surface area contributed by atoms with Gasteiger partial charge in [0.15, 0.2) is 0 Å². The van der Waals surface area contributed by atoms with Crippen LogP contribution in [-0.4, -0.2) is 39.7 Å². The average Bonchev–Trinajstić information content (AvgIpc) is 3.00. The number of hydrogen-bond donors (Lipinski definition) is 2. The summed E-state index contributed by atoms with van der Waals surface area (Å²) in [6.45, 7) is 2.57. The van der Waals surface area contributed by atoms with Crippen molar-refractivity contribution in [3.63, 3.8) is 0 Å². The van der Waals surface area contributed by atoms with Crippen LogP contribution in [0.2, 0.25) is 0 Å². The van der Waals surface area contributed by atoms with Gasteiger partial charge in [-0.3, -0.25) is 4.79 Å². The molecule has 0 aromatic heterocycles. The molecular formula is C15H21ClF2N2O3S. The zero-order chi connectivity index (χ0) is 16.9. The van der Waals surface area contributed by atoms with Crippen molar-refractivity contribution in [2.24, 2.45) is 5.92 Å². The van der Waals surface area contributed by atoms with E-state index < -0.39 is 21.3 Å². The number of rotatable bonds is 7. The molecule has 1 amide bonds. The summed E-state index contributed by atoms with van der Waals surface area (Å²) in [5.74, 6) is -3.80. The van der Waals surface area contributed by atoms with Crippen molar-refractivity contribution in [3.8, 4) is 0 Å². The second-order valence-electron chi connectivity index (χ2n) is 5.67. The number of sulfone groups is 1. The Morgan fingerprint density at radius 1 is 1.29 bits per heavy atom. The molecule has 24 heavy (non-hydrogen) atoms. The van der Waals surface area contributed by atoms with Crippen LogP contribution in [0.3, 0.4) is 0 Å². The number of carbonyl (C=O) groups is 1. The highest BCUT2D eigenvalue weighted by atomic mass is 35.5. The van der Waals surface area contributed by atoms with E-state index in [1.165, 1.54) is 24.3 Å². The summed E-state index contributed by atoms with van der Waals surface area (Å²) in [7, 11) is -4.45. The second kappa shape index (κ2) is 9.29. The third-order valence-electron chi connectivity index (χ3n) is 3.86. The molecule has 1 fully saturated rings. The lowest BCUT2D eigenvalue weighted by molar-refractivity contribution is 0.0951. The maximum atomic E-state index is 12.3. The Morgan fingerprint density at radius 3 is 2.50 bits per heavy atom. The lowest BCUT2D eigenvalue weighted by atomic mass is 10.1. The van der Waals surface area contributed by atoms with Crippen molar-refractivity contribution in [1.82, 2.24) is 10.6 Å². The molecule has 1 saturated heterocycles. The fourth-order valence-corrected chi connectivity index (χ4v) is 3.28. The SMILES string of the molecule is Cl.O=C(NCCC1CCNC1)c1ccc(CS(=O)(=O)C(F)F)cc1. The van der Waals surface area contributed by atoms with Gasteiger partial charge < -0.3 is 10.6 Å². The van der Waals surface area contributed by atoms with Gasteiger partial charge in [-0.15, -0.1) is 12.4 Å². The fraction of sp³-hybridized carbons (Fsp3) is 0.533. The minimum absolute atomic E-state index is 0. The fourth-order valence-electron chi connectivity index (χ4n) is 2.50. The Bertz CT molecular complexity index is 633. The number of alkyl halides is 2. The van der Waals surface area contributed by atoms with Crippen molar-refractivity contribution < 1.29 is 22.0 Å². The maximum Gasteiger partial charge on any atom is 0.337 e. The van der Waals surface area contributed by atoms with Crippen LogP contribution in [0.25, 0.3) is 0 Å². The van der Waals surface area contributed by atoms with Crippen LogP contribution in [0.4, 0.5) is 8.78 Å². The molecule has 2 N–H and O–H groups in total. The molecule has 9 heteroatoms. The molecule has 0 aliphatic carbocycles. The van der Waals surface area contributed by atoms with Crippen LogP contribution in [0.15, 0.2) is 24.3 Å². The Balaban J connectivity index is 0.00000288. The number of hydrogen-bond acceptors (Lipinski definition) is 4. The van der Waals surface area contributed by atoms with Gasteiger partial charge in [0, 0.05) is 12.1 Å². The molecule has 1 aliphatic rings. The van der Waals surface area contributed by atoms with Gasteiger partial charge in [0.25, 0.3) is 5.91 Å². The number of carbonyl (C=O) groups excluding carboxylic acids is 1. The molecule has 1 unspecified atom stereocenters. The van der Waals surface area contributed by atoms with E-state index in [1.54, 1.807) is 0 Å². The smallest absolute Gasteiger partial charge is 0.337 e. The van der Waals surface area contributed by atoms with Crippen molar-refractivity contribution in [1.29, 1.82) is 0 Å². The van der Waals surface area contributed by atoms with E-state index in [-0.39, 0.29) is 23.9 Å². The lowest BCUT2D eigenvalue weighted by Gasteiger charge is -2.10. The van der Waals surface area contributed by atoms with E-state index in [0.717, 1.165) is 25.9 Å². The maximum absolute atomic E-state index is 12.3. The first kappa shape index (κ1) is 20.8. The second-order valence-corrected chi connectivity index (χ2v) is 7.64. The van der Waals surface area contributed by atoms with E-state index in [9.17, 15) is 22.0 Å². The molecule has 1 aromatic rings. The first-order chi connectivity index (χ1) is 10.9. The van der Waals surface area contributed by atoms with Gasteiger partial charge in [-0.2, -0.15) is 8.78 Å². The first-order valence-corrected chi connectivity index (χ1v) is 9.17. The molecule has 1 aliphatic heterocycles. The van der Waals surface area contributed by atoms with Gasteiger partial charge in [-0.05, 0) is 49.5 Å². The molecule has 5 nitrogen and oxygen atoms in total. The predicted molar refractivity (Wildman–Crippen MR) is 90.2 cm³/mol. The van der Waals surface area contributed by atoms with Crippen molar-refractivity contribution in [2.75, 3.05) is 19.6 Å². The summed E-state index contributed by atoms with van der Waals surface area (Å²) in [6, 6.07) is 5.66. The number of amides is 1. The van der Waals surface area contributed by atoms with Crippen molar-refractivity contribution in [3.05, 3.63) is 35.4 Å². The quantitative estimate of drug-likeness (QED) is 0.756. The lowest BCUT2D eigenvalue weighted by Crippen LogP contribution is -2.26. The van der Waals surface area contributed by atoms with Crippen LogP contribution in [0.5, 0.6) is 0 Å². The summed E-state index contributed by atoms with van der Waals surface area (Å²) < 4.78 is 46.9. The summed E-state index contributed by atoms with van der Waals surface area (Å²) >= 11 is 0. The van der Waals surface area contributed by atoms with Crippen LogP contribution in [-0.2, 0) is 15.6 Å². The largest absolute Gasteiger partial charge is 0.352 e. The van der Waals surface area contributed by atoms with Gasteiger partial charge in [0.2, 0.25) is 9.84 Å². The molecule has 136 valence electrons. The average molecular weight is 383 g/mol. The molecule has 0 bridgehead atoms. The van der Waals surface area contributed by atoms with Crippen molar-refractivity contribution in [2.45, 2.75) is 24.4 Å².